The Morgan fingerprint density at radius 3 is 2.50 bits per heavy atom. The monoisotopic (exact) mass is 279 g/mol. The molecule has 4 aliphatic carbocycles. The predicted octanol–water partition coefficient (Wildman–Crippen LogP) is 2.18. The topological polar surface area (TPSA) is 75.6 Å². The fourth-order valence-electron chi connectivity index (χ4n) is 4.91. The maximum atomic E-state index is 11.9. The number of aliphatic carboxylic acids is 1. The highest BCUT2D eigenvalue weighted by Crippen LogP contribution is 2.60. The van der Waals surface area contributed by atoms with E-state index >= 15 is 0 Å². The second kappa shape index (κ2) is 4.79. The molecule has 0 aromatic heterocycles. The van der Waals surface area contributed by atoms with Gasteiger partial charge in [-0.15, -0.1) is 0 Å². The van der Waals surface area contributed by atoms with Crippen LogP contribution in [0.1, 0.15) is 32.1 Å². The lowest BCUT2D eigenvalue weighted by atomic mass is 9.47. The van der Waals surface area contributed by atoms with Gasteiger partial charge >= 0.3 is 12.1 Å². The summed E-state index contributed by atoms with van der Waals surface area (Å²) in [6, 6.07) is -0.287. The zero-order valence-electron chi connectivity index (χ0n) is 11.5. The van der Waals surface area contributed by atoms with Gasteiger partial charge in [0.15, 0.2) is 0 Å². The van der Waals surface area contributed by atoms with Crippen LogP contribution < -0.4 is 5.32 Å². The fourth-order valence-corrected chi connectivity index (χ4v) is 4.91. The molecule has 5 heteroatoms. The zero-order chi connectivity index (χ0) is 14.3. The summed E-state index contributed by atoms with van der Waals surface area (Å²) in [4.78, 5) is 23.6. The van der Waals surface area contributed by atoms with E-state index in [0.717, 1.165) is 12.8 Å². The lowest BCUT2D eigenvalue weighted by Gasteiger charge is -2.58. The maximum Gasteiger partial charge on any atom is 0.407 e. The number of rotatable bonds is 4. The van der Waals surface area contributed by atoms with E-state index in [2.05, 4.69) is 11.9 Å². The van der Waals surface area contributed by atoms with Crippen molar-refractivity contribution in [1.29, 1.82) is 0 Å². The molecule has 0 aromatic rings. The Kier molecular flexibility index (Phi) is 3.22. The minimum absolute atomic E-state index is 0.147. The number of carbonyl (C=O) groups is 2. The van der Waals surface area contributed by atoms with Crippen molar-refractivity contribution in [2.45, 2.75) is 38.1 Å². The van der Waals surface area contributed by atoms with Crippen molar-refractivity contribution in [1.82, 2.24) is 5.32 Å². The number of hydrogen-bond donors (Lipinski definition) is 2. The second-order valence-corrected chi connectivity index (χ2v) is 6.58. The molecule has 0 heterocycles. The number of carboxylic acid groups (broad SMARTS) is 1. The van der Waals surface area contributed by atoms with Crippen LogP contribution in [0.2, 0.25) is 0 Å². The number of alkyl carbamates (subject to hydrolysis) is 1. The first kappa shape index (κ1) is 13.5. The minimum Gasteiger partial charge on any atom is -0.481 e. The number of carbonyl (C=O) groups excluding carboxylic acids is 1. The molecule has 0 aromatic carbocycles. The van der Waals surface area contributed by atoms with Crippen LogP contribution in [0.4, 0.5) is 4.79 Å². The molecule has 5 nitrogen and oxygen atoms in total. The Morgan fingerprint density at radius 1 is 1.30 bits per heavy atom. The Balaban J connectivity index is 1.79. The summed E-state index contributed by atoms with van der Waals surface area (Å²) in [7, 11) is 0. The van der Waals surface area contributed by atoms with Gasteiger partial charge < -0.3 is 15.2 Å². The molecule has 1 amide bonds. The van der Waals surface area contributed by atoms with Crippen LogP contribution in [0.25, 0.3) is 0 Å². The van der Waals surface area contributed by atoms with Crippen LogP contribution in [0.15, 0.2) is 12.7 Å². The van der Waals surface area contributed by atoms with E-state index in [-0.39, 0.29) is 18.6 Å². The third kappa shape index (κ3) is 2.00. The van der Waals surface area contributed by atoms with Crippen molar-refractivity contribution in [2.24, 2.45) is 23.2 Å². The van der Waals surface area contributed by atoms with Gasteiger partial charge in [0.2, 0.25) is 0 Å². The quantitative estimate of drug-likeness (QED) is 0.773. The lowest BCUT2D eigenvalue weighted by molar-refractivity contribution is -0.169. The number of carboxylic acids is 1. The Morgan fingerprint density at radius 2 is 1.95 bits per heavy atom. The van der Waals surface area contributed by atoms with Crippen LogP contribution in [-0.2, 0) is 9.53 Å². The van der Waals surface area contributed by atoms with Gasteiger partial charge in [0.25, 0.3) is 0 Å². The molecular weight excluding hydrogens is 258 g/mol. The molecule has 0 radical (unpaired) electrons. The first-order chi connectivity index (χ1) is 9.55. The van der Waals surface area contributed by atoms with Crippen molar-refractivity contribution < 1.29 is 19.4 Å². The third-order valence-electron chi connectivity index (χ3n) is 5.34. The number of nitrogens with one attached hydrogen (secondary N) is 1. The van der Waals surface area contributed by atoms with Crippen molar-refractivity contribution >= 4 is 12.1 Å². The largest absolute Gasteiger partial charge is 0.481 e. The van der Waals surface area contributed by atoms with Gasteiger partial charge in [-0.05, 0) is 49.9 Å². The molecule has 4 fully saturated rings. The van der Waals surface area contributed by atoms with E-state index in [0.29, 0.717) is 24.7 Å². The molecule has 4 bridgehead atoms. The van der Waals surface area contributed by atoms with E-state index in [4.69, 9.17) is 4.74 Å². The molecular formula is C15H21NO4. The van der Waals surface area contributed by atoms with Gasteiger partial charge in [-0.25, -0.2) is 4.79 Å². The Bertz CT molecular complexity index is 433. The van der Waals surface area contributed by atoms with E-state index in [1.165, 1.54) is 12.5 Å². The van der Waals surface area contributed by atoms with Gasteiger partial charge in [-0.1, -0.05) is 12.7 Å². The molecule has 2 N–H and O–H groups in total. The minimum atomic E-state index is -0.776. The zero-order valence-corrected chi connectivity index (χ0v) is 11.5. The number of amides is 1. The molecule has 110 valence electrons. The summed E-state index contributed by atoms with van der Waals surface area (Å²) < 4.78 is 4.96. The number of ether oxygens (including phenoxy) is 1. The van der Waals surface area contributed by atoms with Gasteiger partial charge in [0, 0.05) is 0 Å². The molecule has 4 rings (SSSR count). The van der Waals surface area contributed by atoms with Gasteiger partial charge in [0.1, 0.15) is 6.61 Å². The van der Waals surface area contributed by atoms with Gasteiger partial charge in [0.05, 0.1) is 11.5 Å². The summed E-state index contributed by atoms with van der Waals surface area (Å²) in [5, 5.41) is 12.6. The molecule has 3 atom stereocenters. The highest BCUT2D eigenvalue weighted by atomic mass is 16.5. The summed E-state index contributed by atoms with van der Waals surface area (Å²) in [5.74, 6) is 0.566. The molecule has 0 aliphatic heterocycles. The summed E-state index contributed by atoms with van der Waals surface area (Å²) in [5.41, 5.74) is -0.776. The van der Waals surface area contributed by atoms with Crippen LogP contribution in [0.3, 0.4) is 0 Å². The van der Waals surface area contributed by atoms with E-state index < -0.39 is 17.5 Å². The second-order valence-electron chi connectivity index (χ2n) is 6.58. The van der Waals surface area contributed by atoms with E-state index in [1.807, 2.05) is 0 Å². The maximum absolute atomic E-state index is 11.9. The van der Waals surface area contributed by atoms with E-state index in [9.17, 15) is 14.7 Å². The van der Waals surface area contributed by atoms with Gasteiger partial charge in [-0.2, -0.15) is 0 Å². The lowest BCUT2D eigenvalue weighted by Crippen LogP contribution is -2.65. The summed E-state index contributed by atoms with van der Waals surface area (Å²) in [6.07, 6.45) is 5.62. The van der Waals surface area contributed by atoms with Crippen LogP contribution >= 0.6 is 0 Å². The summed E-state index contributed by atoms with van der Waals surface area (Å²) >= 11 is 0. The molecule has 0 spiro atoms. The molecule has 4 aliphatic rings. The highest BCUT2D eigenvalue weighted by molar-refractivity contribution is 5.78. The fraction of sp³-hybridized carbons (Fsp3) is 0.733. The van der Waals surface area contributed by atoms with Crippen molar-refractivity contribution in [2.75, 3.05) is 6.61 Å². The number of hydrogen-bond acceptors (Lipinski definition) is 3. The Labute approximate surface area is 118 Å². The smallest absolute Gasteiger partial charge is 0.407 e. The Hall–Kier alpha value is -1.52. The summed E-state index contributed by atoms with van der Waals surface area (Å²) in [6.45, 7) is 3.64. The standard InChI is InChI=1S/C15H21NO4/c1-2-3-20-14(19)16-12-11-5-9-4-10(6-11)8-15(12,7-9)13(17)18/h2,9-12H,1,3-8H2,(H,16,19)(H,17,18). The normalized spacial score (nSPS) is 41.2. The average Bonchev–Trinajstić information content (AvgIpc) is 2.39. The first-order valence-corrected chi connectivity index (χ1v) is 7.32. The first-order valence-electron chi connectivity index (χ1n) is 7.32. The predicted molar refractivity (Wildman–Crippen MR) is 72.1 cm³/mol. The van der Waals surface area contributed by atoms with Crippen molar-refractivity contribution in [3.63, 3.8) is 0 Å². The molecule has 3 unspecified atom stereocenters. The molecule has 4 saturated carbocycles. The average molecular weight is 279 g/mol. The van der Waals surface area contributed by atoms with E-state index in [1.54, 1.807) is 0 Å². The van der Waals surface area contributed by atoms with Crippen molar-refractivity contribution in [3.8, 4) is 0 Å². The van der Waals surface area contributed by atoms with Crippen LogP contribution in [0.5, 0.6) is 0 Å². The molecule has 0 saturated heterocycles. The van der Waals surface area contributed by atoms with Crippen LogP contribution in [-0.4, -0.2) is 29.8 Å². The van der Waals surface area contributed by atoms with Crippen LogP contribution in [0, 0.1) is 23.2 Å². The van der Waals surface area contributed by atoms with Crippen molar-refractivity contribution in [3.05, 3.63) is 12.7 Å². The van der Waals surface area contributed by atoms with Gasteiger partial charge in [-0.3, -0.25) is 4.79 Å². The molecule has 20 heavy (non-hydrogen) atoms. The highest BCUT2D eigenvalue weighted by Gasteiger charge is 2.61. The third-order valence-corrected chi connectivity index (χ3v) is 5.34. The SMILES string of the molecule is C=CCOC(=O)NC1C2CC3CC(C2)CC1(C(=O)O)C3.